The van der Waals surface area contributed by atoms with Crippen molar-refractivity contribution >= 4 is 0 Å². The van der Waals surface area contributed by atoms with Gasteiger partial charge in [-0.1, -0.05) is 48.5 Å². The van der Waals surface area contributed by atoms with Crippen molar-refractivity contribution in [2.45, 2.75) is 0 Å². The summed E-state index contributed by atoms with van der Waals surface area (Å²) in [7, 11) is 0. The second-order valence-electron chi connectivity index (χ2n) is 5.98. The highest BCUT2D eigenvalue weighted by atomic mass is 19.1. The average molecular weight is 351 g/mol. The summed E-state index contributed by atoms with van der Waals surface area (Å²) < 4.78 is 13.4. The standard InChI is InChI=1S/C23H14FN3/c24-18-11-9-16(10-12-18)19-14-22(21-8-4-5-13-26-21)27-23(20(19)15-25)17-6-2-1-3-7-17/h1-14H. The molecule has 2 heterocycles. The van der Waals surface area contributed by atoms with Crippen molar-refractivity contribution in [3.05, 3.63) is 96.4 Å². The third kappa shape index (κ3) is 3.31. The van der Waals surface area contributed by atoms with Crippen LogP contribution in [0.1, 0.15) is 5.56 Å². The fraction of sp³-hybridized carbons (Fsp3) is 0. The monoisotopic (exact) mass is 351 g/mol. The van der Waals surface area contributed by atoms with Crippen molar-refractivity contribution < 1.29 is 4.39 Å². The predicted octanol–water partition coefficient (Wildman–Crippen LogP) is 5.49. The van der Waals surface area contributed by atoms with Crippen LogP contribution >= 0.6 is 0 Å². The molecule has 2 aromatic carbocycles. The average Bonchev–Trinajstić information content (AvgIpc) is 2.74. The Bertz CT molecular complexity index is 1120. The number of hydrogen-bond acceptors (Lipinski definition) is 3. The number of nitriles is 1. The molecule has 3 nitrogen and oxygen atoms in total. The lowest BCUT2D eigenvalue weighted by Gasteiger charge is -2.12. The van der Waals surface area contributed by atoms with Gasteiger partial charge in [0.25, 0.3) is 0 Å². The summed E-state index contributed by atoms with van der Waals surface area (Å²) in [6.07, 6.45) is 1.70. The van der Waals surface area contributed by atoms with E-state index < -0.39 is 0 Å². The zero-order chi connectivity index (χ0) is 18.6. The van der Waals surface area contributed by atoms with Crippen LogP contribution in [-0.4, -0.2) is 9.97 Å². The van der Waals surface area contributed by atoms with Crippen LogP contribution in [-0.2, 0) is 0 Å². The first-order valence-electron chi connectivity index (χ1n) is 8.44. The Labute approximate surface area is 156 Å². The summed E-state index contributed by atoms with van der Waals surface area (Å²) in [4.78, 5) is 9.11. The summed E-state index contributed by atoms with van der Waals surface area (Å²) in [6.45, 7) is 0. The molecule has 0 aliphatic heterocycles. The second kappa shape index (κ2) is 7.19. The molecule has 0 fully saturated rings. The minimum absolute atomic E-state index is 0.320. The van der Waals surface area contributed by atoms with E-state index in [1.165, 1.54) is 12.1 Å². The van der Waals surface area contributed by atoms with Gasteiger partial charge in [-0.3, -0.25) is 4.98 Å². The topological polar surface area (TPSA) is 49.6 Å². The van der Waals surface area contributed by atoms with E-state index in [0.29, 0.717) is 28.2 Å². The first-order chi connectivity index (χ1) is 13.3. The molecule has 0 saturated carbocycles. The van der Waals surface area contributed by atoms with Gasteiger partial charge in [-0.15, -0.1) is 0 Å². The quantitative estimate of drug-likeness (QED) is 0.490. The molecule has 128 valence electrons. The second-order valence-corrected chi connectivity index (χ2v) is 5.98. The molecule has 2 aromatic heterocycles. The van der Waals surface area contributed by atoms with Crippen LogP contribution in [0.15, 0.2) is 85.1 Å². The Morgan fingerprint density at radius 2 is 1.52 bits per heavy atom. The molecule has 27 heavy (non-hydrogen) atoms. The normalized spacial score (nSPS) is 10.4. The number of aromatic nitrogens is 2. The van der Waals surface area contributed by atoms with E-state index in [-0.39, 0.29) is 5.82 Å². The molecule has 0 spiro atoms. The minimum atomic E-state index is -0.320. The van der Waals surface area contributed by atoms with Crippen molar-refractivity contribution in [1.82, 2.24) is 9.97 Å². The Hall–Kier alpha value is -3.84. The van der Waals surface area contributed by atoms with Crippen LogP contribution in [0, 0.1) is 17.1 Å². The van der Waals surface area contributed by atoms with Gasteiger partial charge in [-0.2, -0.15) is 5.26 Å². The SMILES string of the molecule is N#Cc1c(-c2ccc(F)cc2)cc(-c2ccccn2)nc1-c1ccccc1. The largest absolute Gasteiger partial charge is 0.255 e. The highest BCUT2D eigenvalue weighted by Gasteiger charge is 2.17. The highest BCUT2D eigenvalue weighted by molar-refractivity contribution is 5.83. The fourth-order valence-corrected chi connectivity index (χ4v) is 2.97. The Kier molecular flexibility index (Phi) is 4.42. The molecule has 0 aliphatic rings. The molecule has 4 rings (SSSR count). The maximum absolute atomic E-state index is 13.4. The maximum atomic E-state index is 13.4. The van der Waals surface area contributed by atoms with Crippen LogP contribution in [0.2, 0.25) is 0 Å². The number of halogens is 1. The predicted molar refractivity (Wildman–Crippen MR) is 103 cm³/mol. The van der Waals surface area contributed by atoms with Crippen molar-refractivity contribution in [2.24, 2.45) is 0 Å². The molecular weight excluding hydrogens is 337 g/mol. The number of pyridine rings is 2. The van der Waals surface area contributed by atoms with E-state index in [9.17, 15) is 9.65 Å². The number of nitrogens with zero attached hydrogens (tertiary/aromatic N) is 3. The molecule has 0 N–H and O–H groups in total. The molecule has 0 saturated heterocycles. The van der Waals surface area contributed by atoms with Gasteiger partial charge in [-0.05, 0) is 35.9 Å². The van der Waals surface area contributed by atoms with E-state index in [2.05, 4.69) is 11.1 Å². The van der Waals surface area contributed by atoms with E-state index in [1.807, 2.05) is 54.6 Å². The molecule has 0 unspecified atom stereocenters. The molecule has 0 amide bonds. The summed E-state index contributed by atoms with van der Waals surface area (Å²) in [5, 5.41) is 9.86. The van der Waals surface area contributed by atoms with Crippen molar-refractivity contribution in [2.75, 3.05) is 0 Å². The molecule has 4 heteroatoms. The molecule has 0 bridgehead atoms. The zero-order valence-corrected chi connectivity index (χ0v) is 14.3. The van der Waals surface area contributed by atoms with Crippen molar-refractivity contribution in [1.29, 1.82) is 5.26 Å². The Morgan fingerprint density at radius 3 is 2.19 bits per heavy atom. The minimum Gasteiger partial charge on any atom is -0.255 e. The fourth-order valence-electron chi connectivity index (χ4n) is 2.97. The molecule has 0 atom stereocenters. The van der Waals surface area contributed by atoms with E-state index >= 15 is 0 Å². The van der Waals surface area contributed by atoms with Gasteiger partial charge in [0, 0.05) is 17.3 Å². The van der Waals surface area contributed by atoms with Crippen molar-refractivity contribution in [3.63, 3.8) is 0 Å². The smallest absolute Gasteiger partial charge is 0.123 e. The van der Waals surface area contributed by atoms with Gasteiger partial charge in [0.1, 0.15) is 11.9 Å². The third-order valence-corrected chi connectivity index (χ3v) is 4.26. The van der Waals surface area contributed by atoms with Crippen molar-refractivity contribution in [3.8, 4) is 39.8 Å². The van der Waals surface area contributed by atoms with Crippen LogP contribution in [0.25, 0.3) is 33.8 Å². The van der Waals surface area contributed by atoms with Gasteiger partial charge < -0.3 is 0 Å². The first kappa shape index (κ1) is 16.6. The molecule has 0 aliphatic carbocycles. The summed E-state index contributed by atoms with van der Waals surface area (Å²) in [5.74, 6) is -0.320. The Morgan fingerprint density at radius 1 is 0.778 bits per heavy atom. The van der Waals surface area contributed by atoms with Gasteiger partial charge in [0.15, 0.2) is 0 Å². The first-order valence-corrected chi connectivity index (χ1v) is 8.44. The molecular formula is C23H14FN3. The lowest BCUT2D eigenvalue weighted by Crippen LogP contribution is -1.97. The van der Waals surface area contributed by atoms with Crippen LogP contribution in [0.5, 0.6) is 0 Å². The van der Waals surface area contributed by atoms with Gasteiger partial charge >= 0.3 is 0 Å². The lowest BCUT2D eigenvalue weighted by atomic mass is 9.95. The van der Waals surface area contributed by atoms with Crippen LogP contribution in [0.4, 0.5) is 4.39 Å². The van der Waals surface area contributed by atoms with E-state index in [0.717, 1.165) is 11.1 Å². The molecule has 4 aromatic rings. The van der Waals surface area contributed by atoms with Gasteiger partial charge in [-0.25, -0.2) is 9.37 Å². The molecule has 0 radical (unpaired) electrons. The lowest BCUT2D eigenvalue weighted by molar-refractivity contribution is 0.628. The van der Waals surface area contributed by atoms with Gasteiger partial charge in [0.2, 0.25) is 0 Å². The van der Waals surface area contributed by atoms with Gasteiger partial charge in [0.05, 0.1) is 22.6 Å². The maximum Gasteiger partial charge on any atom is 0.123 e. The Balaban J connectivity index is 2.02. The highest BCUT2D eigenvalue weighted by Crippen LogP contribution is 2.34. The van der Waals surface area contributed by atoms with Crippen LogP contribution in [0.3, 0.4) is 0 Å². The van der Waals surface area contributed by atoms with E-state index in [4.69, 9.17) is 4.98 Å². The summed E-state index contributed by atoms with van der Waals surface area (Å²) >= 11 is 0. The number of benzene rings is 2. The third-order valence-electron chi connectivity index (χ3n) is 4.26. The summed E-state index contributed by atoms with van der Waals surface area (Å²) in [6, 6.07) is 25.4. The number of hydrogen-bond donors (Lipinski definition) is 0. The van der Waals surface area contributed by atoms with Crippen LogP contribution < -0.4 is 0 Å². The number of rotatable bonds is 3. The van der Waals surface area contributed by atoms with E-state index in [1.54, 1.807) is 18.3 Å². The summed E-state index contributed by atoms with van der Waals surface area (Å²) in [5.41, 5.74) is 4.70. The zero-order valence-electron chi connectivity index (χ0n) is 14.3.